The van der Waals surface area contributed by atoms with Gasteiger partial charge in [-0.05, 0) is 44.2 Å². The Labute approximate surface area is 142 Å². The average molecular weight is 332 g/mol. The number of nitrogens with one attached hydrogen (secondary N) is 1. The second kappa shape index (κ2) is 8.96. The molecule has 1 aromatic rings. The first-order valence-electron chi connectivity index (χ1n) is 8.16. The number of nitrogens with two attached hydrogens (primary N) is 1. The number of rotatable bonds is 8. The van der Waals surface area contributed by atoms with Gasteiger partial charge in [0.2, 0.25) is 0 Å². The van der Waals surface area contributed by atoms with Crippen LogP contribution in [0.4, 0.5) is 0 Å². The Balaban J connectivity index is 1.85. The fraction of sp³-hybridized carbons (Fsp3) is 0.444. The molecule has 0 atom stereocenters. The lowest BCUT2D eigenvalue weighted by atomic mass is 9.97. The van der Waals surface area contributed by atoms with Crippen LogP contribution in [0.5, 0.6) is 11.5 Å². The number of amides is 2. The van der Waals surface area contributed by atoms with Gasteiger partial charge in [0.05, 0.1) is 12.7 Å². The van der Waals surface area contributed by atoms with E-state index in [0.29, 0.717) is 12.3 Å². The van der Waals surface area contributed by atoms with E-state index >= 15 is 0 Å². The molecule has 0 fully saturated rings. The molecular weight excluding hydrogens is 308 g/mol. The molecule has 0 radical (unpaired) electrons. The number of hydrogen-bond acceptors (Lipinski definition) is 4. The van der Waals surface area contributed by atoms with Crippen LogP contribution in [0.3, 0.4) is 0 Å². The molecule has 3 N–H and O–H groups in total. The van der Waals surface area contributed by atoms with Gasteiger partial charge in [0, 0.05) is 6.54 Å². The molecule has 130 valence electrons. The predicted molar refractivity (Wildman–Crippen MR) is 91.2 cm³/mol. The Bertz CT molecular complexity index is 625. The fourth-order valence-corrected chi connectivity index (χ4v) is 2.70. The van der Waals surface area contributed by atoms with Gasteiger partial charge in [0.1, 0.15) is 0 Å². The molecular formula is C18H24N2O4. The number of hydrogen-bond donors (Lipinski definition) is 2. The van der Waals surface area contributed by atoms with Crippen LogP contribution in [0.2, 0.25) is 0 Å². The van der Waals surface area contributed by atoms with Gasteiger partial charge >= 0.3 is 0 Å². The van der Waals surface area contributed by atoms with Crippen LogP contribution < -0.4 is 20.5 Å². The van der Waals surface area contributed by atoms with Crippen LogP contribution in [-0.4, -0.2) is 32.1 Å². The molecule has 6 nitrogen and oxygen atoms in total. The average Bonchev–Trinajstić information content (AvgIpc) is 2.60. The smallest absolute Gasteiger partial charge is 0.257 e. The van der Waals surface area contributed by atoms with Crippen molar-refractivity contribution in [2.24, 2.45) is 5.73 Å². The highest BCUT2D eigenvalue weighted by atomic mass is 16.5. The first-order valence-corrected chi connectivity index (χ1v) is 8.16. The first kappa shape index (κ1) is 17.8. The molecule has 24 heavy (non-hydrogen) atoms. The topological polar surface area (TPSA) is 90.7 Å². The summed E-state index contributed by atoms with van der Waals surface area (Å²) in [4.78, 5) is 23.4. The van der Waals surface area contributed by atoms with Crippen molar-refractivity contribution in [1.82, 2.24) is 5.32 Å². The van der Waals surface area contributed by atoms with Gasteiger partial charge in [-0.3, -0.25) is 9.59 Å². The fourth-order valence-electron chi connectivity index (χ4n) is 2.70. The van der Waals surface area contributed by atoms with E-state index in [-0.39, 0.29) is 23.8 Å². The number of carbonyl (C=O) groups excluding carboxylic acids is 2. The van der Waals surface area contributed by atoms with Crippen molar-refractivity contribution in [3.8, 4) is 11.5 Å². The van der Waals surface area contributed by atoms with Gasteiger partial charge in [0.25, 0.3) is 11.8 Å². The number of allylic oxidation sites excluding steroid dienone is 1. The van der Waals surface area contributed by atoms with Crippen LogP contribution in [0.15, 0.2) is 29.8 Å². The minimum absolute atomic E-state index is 0.189. The summed E-state index contributed by atoms with van der Waals surface area (Å²) in [5, 5.41) is 2.82. The molecule has 0 bridgehead atoms. The minimum atomic E-state index is -0.631. The van der Waals surface area contributed by atoms with E-state index < -0.39 is 5.91 Å². The molecule has 1 aliphatic rings. The van der Waals surface area contributed by atoms with Crippen molar-refractivity contribution in [3.63, 3.8) is 0 Å². The van der Waals surface area contributed by atoms with Crippen molar-refractivity contribution in [2.45, 2.75) is 32.1 Å². The van der Waals surface area contributed by atoms with E-state index in [1.165, 1.54) is 31.6 Å². The number of carbonyl (C=O) groups is 2. The summed E-state index contributed by atoms with van der Waals surface area (Å²) >= 11 is 0. The molecule has 0 aromatic heterocycles. The van der Waals surface area contributed by atoms with Gasteiger partial charge in [0.15, 0.2) is 18.1 Å². The van der Waals surface area contributed by atoms with E-state index in [1.54, 1.807) is 12.1 Å². The number of benzene rings is 1. The van der Waals surface area contributed by atoms with Crippen molar-refractivity contribution in [3.05, 3.63) is 35.4 Å². The summed E-state index contributed by atoms with van der Waals surface area (Å²) in [5.74, 6) is -0.314. The molecule has 0 aliphatic heterocycles. The summed E-state index contributed by atoms with van der Waals surface area (Å²) in [6, 6.07) is 4.83. The van der Waals surface area contributed by atoms with Crippen molar-refractivity contribution in [1.29, 1.82) is 0 Å². The number of primary amides is 1. The molecule has 1 aliphatic carbocycles. The highest BCUT2D eigenvalue weighted by Crippen LogP contribution is 2.30. The maximum absolute atomic E-state index is 11.9. The summed E-state index contributed by atoms with van der Waals surface area (Å²) in [7, 11) is 1.46. The molecule has 2 amide bonds. The monoisotopic (exact) mass is 332 g/mol. The zero-order valence-corrected chi connectivity index (χ0v) is 14.0. The SMILES string of the molecule is COc1cccc(C(N)=O)c1OCC(=O)NCCC1=CCCCC1. The predicted octanol–water partition coefficient (Wildman–Crippen LogP) is 2.18. The zero-order chi connectivity index (χ0) is 17.4. The Kier molecular flexibility index (Phi) is 6.66. The second-order valence-electron chi connectivity index (χ2n) is 5.70. The molecule has 2 rings (SSSR count). The third-order valence-corrected chi connectivity index (χ3v) is 3.97. The maximum atomic E-state index is 11.9. The van der Waals surface area contributed by atoms with Gasteiger partial charge in [-0.1, -0.05) is 17.7 Å². The van der Waals surface area contributed by atoms with Crippen LogP contribution in [-0.2, 0) is 4.79 Å². The van der Waals surface area contributed by atoms with E-state index in [9.17, 15) is 9.59 Å². The lowest BCUT2D eigenvalue weighted by Gasteiger charge is -2.14. The summed E-state index contributed by atoms with van der Waals surface area (Å²) < 4.78 is 10.6. The summed E-state index contributed by atoms with van der Waals surface area (Å²) in [5.41, 5.74) is 6.92. The minimum Gasteiger partial charge on any atom is -0.493 e. The van der Waals surface area contributed by atoms with Crippen LogP contribution >= 0.6 is 0 Å². The van der Waals surface area contributed by atoms with E-state index in [0.717, 1.165) is 19.3 Å². The molecule has 0 unspecified atom stereocenters. The molecule has 0 spiro atoms. The van der Waals surface area contributed by atoms with Crippen molar-refractivity contribution < 1.29 is 19.1 Å². The van der Waals surface area contributed by atoms with Gasteiger partial charge < -0.3 is 20.5 Å². The Morgan fingerprint density at radius 2 is 2.12 bits per heavy atom. The first-order chi connectivity index (χ1) is 11.6. The third kappa shape index (κ3) is 5.01. The largest absolute Gasteiger partial charge is 0.493 e. The normalized spacial score (nSPS) is 13.8. The lowest BCUT2D eigenvalue weighted by Crippen LogP contribution is -2.30. The van der Waals surface area contributed by atoms with Crippen LogP contribution in [0.25, 0.3) is 0 Å². The standard InChI is InChI=1S/C18H24N2O4/c1-23-15-9-5-8-14(18(19)22)17(15)24-12-16(21)20-11-10-13-6-3-2-4-7-13/h5-6,8-9H,2-4,7,10-12H2,1H3,(H2,19,22)(H,20,21). The quantitative estimate of drug-likeness (QED) is 0.714. The van der Waals surface area contributed by atoms with Gasteiger partial charge in [-0.15, -0.1) is 0 Å². The van der Waals surface area contributed by atoms with E-state index in [2.05, 4.69) is 11.4 Å². The lowest BCUT2D eigenvalue weighted by molar-refractivity contribution is -0.123. The maximum Gasteiger partial charge on any atom is 0.257 e. The highest BCUT2D eigenvalue weighted by Gasteiger charge is 2.16. The molecule has 0 heterocycles. The number of ether oxygens (including phenoxy) is 2. The van der Waals surface area contributed by atoms with Gasteiger partial charge in [-0.25, -0.2) is 0 Å². The summed E-state index contributed by atoms with van der Waals surface area (Å²) in [6.07, 6.45) is 7.87. The molecule has 1 aromatic carbocycles. The van der Waals surface area contributed by atoms with Crippen LogP contribution in [0, 0.1) is 0 Å². The number of para-hydroxylation sites is 1. The van der Waals surface area contributed by atoms with Crippen molar-refractivity contribution in [2.75, 3.05) is 20.3 Å². The highest BCUT2D eigenvalue weighted by molar-refractivity contribution is 5.96. The third-order valence-electron chi connectivity index (χ3n) is 3.97. The van der Waals surface area contributed by atoms with Crippen molar-refractivity contribution >= 4 is 11.8 Å². The Hall–Kier alpha value is -2.50. The Morgan fingerprint density at radius 3 is 2.79 bits per heavy atom. The summed E-state index contributed by atoms with van der Waals surface area (Å²) in [6.45, 7) is 0.391. The molecule has 0 saturated carbocycles. The molecule has 0 saturated heterocycles. The van der Waals surface area contributed by atoms with E-state index in [4.69, 9.17) is 15.2 Å². The Morgan fingerprint density at radius 1 is 1.29 bits per heavy atom. The zero-order valence-electron chi connectivity index (χ0n) is 14.0. The number of methoxy groups -OCH3 is 1. The second-order valence-corrected chi connectivity index (χ2v) is 5.70. The van der Waals surface area contributed by atoms with Gasteiger partial charge in [-0.2, -0.15) is 0 Å². The van der Waals surface area contributed by atoms with E-state index in [1.807, 2.05) is 0 Å². The van der Waals surface area contributed by atoms with Crippen LogP contribution in [0.1, 0.15) is 42.5 Å². The molecule has 6 heteroatoms.